The first kappa shape index (κ1) is 14.4. The van der Waals surface area contributed by atoms with E-state index in [9.17, 15) is 4.79 Å². The molecule has 1 aliphatic heterocycles. The number of carbonyl (C=O) groups excluding carboxylic acids is 1. The molecule has 1 fully saturated rings. The zero-order valence-corrected chi connectivity index (χ0v) is 13.3. The third kappa shape index (κ3) is 3.05. The van der Waals surface area contributed by atoms with Crippen molar-refractivity contribution in [3.05, 3.63) is 21.4 Å². The van der Waals surface area contributed by atoms with Crippen LogP contribution in [-0.2, 0) is 12.2 Å². The van der Waals surface area contributed by atoms with Gasteiger partial charge < -0.3 is 11.1 Å². The van der Waals surface area contributed by atoms with Crippen molar-refractivity contribution in [3.8, 4) is 0 Å². The molecule has 0 radical (unpaired) electrons. The summed E-state index contributed by atoms with van der Waals surface area (Å²) < 4.78 is 0. The molecule has 2 heterocycles. The Morgan fingerprint density at radius 1 is 1.40 bits per heavy atom. The second-order valence-electron chi connectivity index (χ2n) is 5.72. The monoisotopic (exact) mass is 310 g/mol. The van der Waals surface area contributed by atoms with Crippen molar-refractivity contribution >= 4 is 29.0 Å². The van der Waals surface area contributed by atoms with E-state index in [4.69, 9.17) is 5.73 Å². The van der Waals surface area contributed by atoms with Gasteiger partial charge in [-0.25, -0.2) is 0 Å². The Morgan fingerprint density at radius 2 is 2.25 bits per heavy atom. The van der Waals surface area contributed by atoms with E-state index in [1.165, 1.54) is 29.0 Å². The first-order valence-corrected chi connectivity index (χ1v) is 9.45. The van der Waals surface area contributed by atoms with E-state index in [0.29, 0.717) is 12.5 Å². The average molecular weight is 310 g/mol. The van der Waals surface area contributed by atoms with Gasteiger partial charge in [-0.2, -0.15) is 11.8 Å². The van der Waals surface area contributed by atoms with E-state index in [0.717, 1.165) is 29.9 Å². The molecule has 3 N–H and O–H groups in total. The van der Waals surface area contributed by atoms with Gasteiger partial charge in [-0.05, 0) is 49.1 Å². The third-order valence-corrected chi connectivity index (χ3v) is 6.62. The molecule has 3 nitrogen and oxygen atoms in total. The van der Waals surface area contributed by atoms with E-state index in [-0.39, 0.29) is 11.9 Å². The first-order chi connectivity index (χ1) is 9.78. The maximum absolute atomic E-state index is 12.4. The second-order valence-corrected chi connectivity index (χ2v) is 7.96. The maximum Gasteiger partial charge on any atom is 0.261 e. The minimum absolute atomic E-state index is 0.111. The minimum Gasteiger partial charge on any atom is -0.348 e. The van der Waals surface area contributed by atoms with Crippen molar-refractivity contribution in [3.63, 3.8) is 0 Å². The molecule has 0 spiro atoms. The lowest BCUT2D eigenvalue weighted by atomic mass is 9.84. The van der Waals surface area contributed by atoms with Gasteiger partial charge in [0.05, 0.1) is 4.88 Å². The predicted molar refractivity (Wildman–Crippen MR) is 86.5 cm³/mol. The highest BCUT2D eigenvalue weighted by atomic mass is 32.2. The third-order valence-electron chi connectivity index (χ3n) is 4.38. The van der Waals surface area contributed by atoms with Crippen LogP contribution in [0.25, 0.3) is 0 Å². The summed E-state index contributed by atoms with van der Waals surface area (Å²) in [4.78, 5) is 14.7. The summed E-state index contributed by atoms with van der Waals surface area (Å²) in [7, 11) is 0. The number of hydrogen-bond donors (Lipinski definition) is 2. The Bertz CT molecular complexity index is 463. The summed E-state index contributed by atoms with van der Waals surface area (Å²) in [6, 6.07) is 2.37. The molecule has 110 valence electrons. The minimum atomic E-state index is 0.111. The lowest BCUT2D eigenvalue weighted by Crippen LogP contribution is -2.44. The van der Waals surface area contributed by atoms with Gasteiger partial charge in [0.25, 0.3) is 5.91 Å². The molecule has 1 amide bonds. The molecule has 3 rings (SSSR count). The molecular weight excluding hydrogens is 288 g/mol. The van der Waals surface area contributed by atoms with Gasteiger partial charge in [0, 0.05) is 16.7 Å². The van der Waals surface area contributed by atoms with E-state index >= 15 is 0 Å². The van der Waals surface area contributed by atoms with Crippen molar-refractivity contribution in [2.24, 2.45) is 11.7 Å². The fourth-order valence-corrected chi connectivity index (χ4v) is 5.45. The number of nitrogens with one attached hydrogen (secondary N) is 1. The van der Waals surface area contributed by atoms with Crippen LogP contribution in [0.2, 0.25) is 0 Å². The molecule has 5 heteroatoms. The zero-order chi connectivity index (χ0) is 13.9. The topological polar surface area (TPSA) is 55.1 Å². The van der Waals surface area contributed by atoms with Crippen LogP contribution in [0.5, 0.6) is 0 Å². The first-order valence-electron chi connectivity index (χ1n) is 7.48. The van der Waals surface area contributed by atoms with Gasteiger partial charge in [0.2, 0.25) is 0 Å². The Labute approximate surface area is 128 Å². The largest absolute Gasteiger partial charge is 0.348 e. The summed E-state index contributed by atoms with van der Waals surface area (Å²) >= 11 is 3.64. The van der Waals surface area contributed by atoms with Gasteiger partial charge in [-0.1, -0.05) is 12.8 Å². The summed E-state index contributed by atoms with van der Waals surface area (Å²) in [5.41, 5.74) is 7.21. The van der Waals surface area contributed by atoms with Gasteiger partial charge >= 0.3 is 0 Å². The van der Waals surface area contributed by atoms with E-state index in [2.05, 4.69) is 11.4 Å². The Balaban J connectivity index is 1.67. The highest BCUT2D eigenvalue weighted by Crippen LogP contribution is 2.32. The highest BCUT2D eigenvalue weighted by Gasteiger charge is 2.26. The Hall–Kier alpha value is -0.520. The van der Waals surface area contributed by atoms with Crippen LogP contribution in [0.4, 0.5) is 0 Å². The number of aryl methyl sites for hydroxylation is 1. The molecular formula is C15H22N2OS2. The van der Waals surface area contributed by atoms with Crippen LogP contribution in [0.3, 0.4) is 0 Å². The van der Waals surface area contributed by atoms with Crippen LogP contribution in [0.1, 0.15) is 45.8 Å². The van der Waals surface area contributed by atoms with Crippen molar-refractivity contribution in [1.82, 2.24) is 5.32 Å². The summed E-state index contributed by atoms with van der Waals surface area (Å²) in [5, 5.41) is 3.23. The number of amides is 1. The molecule has 1 aromatic heterocycles. The molecule has 1 aliphatic carbocycles. The summed E-state index contributed by atoms with van der Waals surface area (Å²) in [5.74, 6) is 2.82. The molecule has 0 saturated heterocycles. The van der Waals surface area contributed by atoms with Crippen molar-refractivity contribution < 1.29 is 4.79 Å². The maximum atomic E-state index is 12.4. The number of hydrogen-bond acceptors (Lipinski definition) is 4. The molecule has 1 saturated carbocycles. The number of rotatable bonds is 3. The smallest absolute Gasteiger partial charge is 0.261 e. The van der Waals surface area contributed by atoms with Gasteiger partial charge in [-0.15, -0.1) is 11.3 Å². The normalized spacial score (nSPS) is 26.1. The fraction of sp³-hybridized carbons (Fsp3) is 0.667. The number of thiophene rings is 1. The summed E-state index contributed by atoms with van der Waals surface area (Å²) in [6.45, 7) is 0.683. The standard InChI is InChI=1S/C15H22N2OS2/c16-8-10-3-1-2-4-12(10)17-15(18)14-7-11-9-19-6-5-13(11)20-14/h7,10,12H,1-6,8-9,16H2,(H,17,18). The van der Waals surface area contributed by atoms with Crippen LogP contribution in [0.15, 0.2) is 6.07 Å². The summed E-state index contributed by atoms with van der Waals surface area (Å²) in [6.07, 6.45) is 5.80. The Kier molecular flexibility index (Phi) is 4.68. The number of fused-ring (bicyclic) bond motifs is 1. The van der Waals surface area contributed by atoms with E-state index in [1.807, 2.05) is 11.8 Å². The van der Waals surface area contributed by atoms with Crippen molar-refractivity contribution in [1.29, 1.82) is 0 Å². The molecule has 2 aliphatic rings. The van der Waals surface area contributed by atoms with E-state index in [1.54, 1.807) is 11.3 Å². The highest BCUT2D eigenvalue weighted by molar-refractivity contribution is 7.98. The quantitative estimate of drug-likeness (QED) is 0.902. The van der Waals surface area contributed by atoms with Crippen LogP contribution in [-0.4, -0.2) is 24.2 Å². The van der Waals surface area contributed by atoms with Crippen LogP contribution in [0, 0.1) is 5.92 Å². The molecule has 0 bridgehead atoms. The van der Waals surface area contributed by atoms with Crippen LogP contribution < -0.4 is 11.1 Å². The molecule has 1 aromatic rings. The zero-order valence-electron chi connectivity index (χ0n) is 11.7. The lowest BCUT2D eigenvalue weighted by molar-refractivity contribution is 0.0912. The van der Waals surface area contributed by atoms with Crippen molar-refractivity contribution in [2.45, 2.75) is 43.9 Å². The fourth-order valence-electron chi connectivity index (χ4n) is 3.18. The van der Waals surface area contributed by atoms with Gasteiger partial charge in [-0.3, -0.25) is 4.79 Å². The average Bonchev–Trinajstić information content (AvgIpc) is 2.92. The number of nitrogens with two attached hydrogens (primary N) is 1. The molecule has 0 aromatic carbocycles. The van der Waals surface area contributed by atoms with Gasteiger partial charge in [0.15, 0.2) is 0 Å². The van der Waals surface area contributed by atoms with Gasteiger partial charge in [0.1, 0.15) is 0 Å². The van der Waals surface area contributed by atoms with Crippen LogP contribution >= 0.6 is 23.1 Å². The SMILES string of the molecule is NCC1CCCCC1NC(=O)c1cc2c(s1)CCSC2. The number of thioether (sulfide) groups is 1. The second kappa shape index (κ2) is 6.50. The van der Waals surface area contributed by atoms with E-state index < -0.39 is 0 Å². The molecule has 2 atom stereocenters. The molecule has 2 unspecified atom stereocenters. The number of carbonyl (C=O) groups is 1. The lowest BCUT2D eigenvalue weighted by Gasteiger charge is -2.31. The Morgan fingerprint density at radius 3 is 3.05 bits per heavy atom. The predicted octanol–water partition coefficient (Wildman–Crippen LogP) is 2.78. The molecule has 20 heavy (non-hydrogen) atoms. The van der Waals surface area contributed by atoms with Crippen molar-refractivity contribution in [2.75, 3.05) is 12.3 Å².